The van der Waals surface area contributed by atoms with Crippen LogP contribution in [0, 0.1) is 23.1 Å². The van der Waals surface area contributed by atoms with Crippen molar-refractivity contribution in [1.29, 1.82) is 5.26 Å². The lowest BCUT2D eigenvalue weighted by atomic mass is 9.74. The molecule has 1 saturated carbocycles. The van der Waals surface area contributed by atoms with Crippen molar-refractivity contribution in [3.05, 3.63) is 65.0 Å². The first kappa shape index (κ1) is 17.9. The Morgan fingerprint density at radius 2 is 2.12 bits per heavy atom. The van der Waals surface area contributed by atoms with Crippen molar-refractivity contribution in [1.82, 2.24) is 5.32 Å². The number of nitriles is 1. The van der Waals surface area contributed by atoms with Crippen LogP contribution in [0.2, 0.25) is 0 Å². The number of carbonyl (C=O) groups is 1. The van der Waals surface area contributed by atoms with Gasteiger partial charge >= 0.3 is 0 Å². The van der Waals surface area contributed by atoms with Crippen molar-refractivity contribution < 1.29 is 19.0 Å². The maximum atomic E-state index is 13.8. The van der Waals surface area contributed by atoms with Crippen molar-refractivity contribution in [2.24, 2.45) is 5.92 Å². The summed E-state index contributed by atoms with van der Waals surface area (Å²) in [4.78, 5) is 12.7. The van der Waals surface area contributed by atoms with Gasteiger partial charge in [0.05, 0.1) is 30.9 Å². The minimum Gasteiger partial charge on any atom is -0.496 e. The second-order valence-corrected chi connectivity index (χ2v) is 6.42. The van der Waals surface area contributed by atoms with Gasteiger partial charge in [0, 0.05) is 11.1 Å². The second kappa shape index (κ2) is 7.54. The molecule has 6 heteroatoms. The maximum absolute atomic E-state index is 13.8. The molecule has 1 atom stereocenters. The van der Waals surface area contributed by atoms with Crippen molar-refractivity contribution in [3.63, 3.8) is 0 Å². The predicted octanol–water partition coefficient (Wildman–Crippen LogP) is 2.95. The number of aliphatic hydroxyl groups excluding tert-OH is 1. The number of methoxy groups -OCH3 is 1. The van der Waals surface area contributed by atoms with Crippen LogP contribution in [0.25, 0.3) is 0 Å². The first-order valence-corrected chi connectivity index (χ1v) is 8.34. The number of amides is 1. The number of benzene rings is 2. The van der Waals surface area contributed by atoms with Gasteiger partial charge in [0.25, 0.3) is 5.91 Å². The molecular weight excluding hydrogens is 335 g/mol. The Balaban J connectivity index is 1.91. The zero-order valence-corrected chi connectivity index (χ0v) is 14.3. The van der Waals surface area contributed by atoms with E-state index >= 15 is 0 Å². The van der Waals surface area contributed by atoms with Crippen LogP contribution in [0.3, 0.4) is 0 Å². The molecule has 0 spiro atoms. The van der Waals surface area contributed by atoms with Gasteiger partial charge in [-0.25, -0.2) is 4.39 Å². The molecule has 0 saturated heterocycles. The third kappa shape index (κ3) is 3.68. The highest BCUT2D eigenvalue weighted by atomic mass is 19.1. The summed E-state index contributed by atoms with van der Waals surface area (Å²) in [5, 5.41) is 21.6. The molecule has 26 heavy (non-hydrogen) atoms. The predicted molar refractivity (Wildman–Crippen MR) is 93.0 cm³/mol. The molecule has 134 valence electrons. The lowest BCUT2D eigenvalue weighted by Crippen LogP contribution is -2.41. The van der Waals surface area contributed by atoms with Crippen molar-refractivity contribution in [2.45, 2.75) is 25.0 Å². The number of carbonyl (C=O) groups excluding carboxylic acids is 1. The number of rotatable bonds is 5. The topological polar surface area (TPSA) is 82.3 Å². The van der Waals surface area contributed by atoms with E-state index in [1.54, 1.807) is 18.2 Å². The number of aliphatic hydroxyl groups is 1. The average Bonchev–Trinajstić information content (AvgIpc) is 2.63. The summed E-state index contributed by atoms with van der Waals surface area (Å²) in [6.45, 7) is 0. The van der Waals surface area contributed by atoms with Crippen molar-refractivity contribution in [2.75, 3.05) is 7.11 Å². The molecule has 1 fully saturated rings. The van der Waals surface area contributed by atoms with Crippen LogP contribution in [0.4, 0.5) is 4.39 Å². The quantitative estimate of drug-likeness (QED) is 0.865. The Hall–Kier alpha value is -2.91. The third-order valence-corrected chi connectivity index (χ3v) is 4.69. The SMILES string of the molecule is COc1ccc(F)cc1[C@H](NC(=O)c1cccc(C#N)c1)C1CC(O)C1. The van der Waals surface area contributed by atoms with Crippen LogP contribution in [0.1, 0.15) is 40.4 Å². The summed E-state index contributed by atoms with van der Waals surface area (Å²) in [5.41, 5.74) is 1.27. The van der Waals surface area contributed by atoms with E-state index in [2.05, 4.69) is 5.32 Å². The van der Waals surface area contributed by atoms with Crippen molar-refractivity contribution in [3.8, 4) is 11.8 Å². The highest BCUT2D eigenvalue weighted by molar-refractivity contribution is 5.94. The zero-order valence-electron chi connectivity index (χ0n) is 14.3. The van der Waals surface area contributed by atoms with E-state index in [0.29, 0.717) is 35.3 Å². The van der Waals surface area contributed by atoms with Crippen molar-refractivity contribution >= 4 is 5.91 Å². The minimum absolute atomic E-state index is 0.0243. The first-order valence-electron chi connectivity index (χ1n) is 8.34. The second-order valence-electron chi connectivity index (χ2n) is 6.42. The molecule has 3 rings (SSSR count). The Kier molecular flexibility index (Phi) is 5.19. The summed E-state index contributed by atoms with van der Waals surface area (Å²) in [7, 11) is 1.49. The van der Waals surface area contributed by atoms with Crippen LogP contribution in [0.15, 0.2) is 42.5 Å². The zero-order chi connectivity index (χ0) is 18.7. The van der Waals surface area contributed by atoms with Gasteiger partial charge in [-0.15, -0.1) is 0 Å². The molecule has 1 aliphatic carbocycles. The number of hydrogen-bond donors (Lipinski definition) is 2. The molecule has 0 bridgehead atoms. The molecule has 1 aliphatic rings. The van der Waals surface area contributed by atoms with E-state index in [4.69, 9.17) is 10.00 Å². The van der Waals surface area contributed by atoms with Gasteiger partial charge in [-0.1, -0.05) is 6.07 Å². The van der Waals surface area contributed by atoms with Crippen LogP contribution in [-0.2, 0) is 0 Å². The van der Waals surface area contributed by atoms with E-state index in [0.717, 1.165) is 0 Å². The van der Waals surface area contributed by atoms with Gasteiger partial charge < -0.3 is 15.2 Å². The molecule has 2 aromatic carbocycles. The average molecular weight is 354 g/mol. The number of ether oxygens (including phenoxy) is 1. The molecule has 5 nitrogen and oxygen atoms in total. The smallest absolute Gasteiger partial charge is 0.251 e. The highest BCUT2D eigenvalue weighted by Gasteiger charge is 2.37. The minimum atomic E-state index is -0.498. The molecule has 2 N–H and O–H groups in total. The summed E-state index contributed by atoms with van der Waals surface area (Å²) >= 11 is 0. The van der Waals surface area contributed by atoms with Crippen LogP contribution in [0.5, 0.6) is 5.75 Å². The van der Waals surface area contributed by atoms with Crippen LogP contribution >= 0.6 is 0 Å². The first-order chi connectivity index (χ1) is 12.5. The molecule has 0 unspecified atom stereocenters. The summed E-state index contributed by atoms with van der Waals surface area (Å²) in [6, 6.07) is 12.0. The van der Waals surface area contributed by atoms with Gasteiger partial charge in [0.1, 0.15) is 11.6 Å². The molecular formula is C20H19FN2O3. The van der Waals surface area contributed by atoms with Crippen LogP contribution in [-0.4, -0.2) is 24.2 Å². The molecule has 0 heterocycles. The van der Waals surface area contributed by atoms with E-state index in [-0.39, 0.29) is 11.8 Å². The molecule has 0 aromatic heterocycles. The Labute approximate surface area is 151 Å². The monoisotopic (exact) mass is 354 g/mol. The molecule has 0 radical (unpaired) electrons. The standard InChI is InChI=1S/C20H19FN2O3/c1-26-18-6-5-15(21)10-17(18)19(14-8-16(24)9-14)23-20(25)13-4-2-3-12(7-13)11-22/h2-7,10,14,16,19,24H,8-9H2,1H3,(H,23,25)/t14?,16?,19-/m1/s1. The highest BCUT2D eigenvalue weighted by Crippen LogP contribution is 2.41. The Bertz CT molecular complexity index is 856. The fourth-order valence-electron chi connectivity index (χ4n) is 3.25. The lowest BCUT2D eigenvalue weighted by Gasteiger charge is -2.38. The Morgan fingerprint density at radius 1 is 1.35 bits per heavy atom. The summed E-state index contributed by atoms with van der Waals surface area (Å²) in [6.07, 6.45) is 0.618. The van der Waals surface area contributed by atoms with Gasteiger partial charge in [-0.3, -0.25) is 4.79 Å². The molecule has 2 aromatic rings. The van der Waals surface area contributed by atoms with E-state index in [9.17, 15) is 14.3 Å². The number of nitrogens with one attached hydrogen (secondary N) is 1. The van der Waals surface area contributed by atoms with Gasteiger partial charge in [-0.05, 0) is 55.2 Å². The lowest BCUT2D eigenvalue weighted by molar-refractivity contribution is 0.0231. The summed E-state index contributed by atoms with van der Waals surface area (Å²) in [5.74, 6) is -0.334. The van der Waals surface area contributed by atoms with E-state index in [1.807, 2.05) is 6.07 Å². The number of nitrogens with zero attached hydrogens (tertiary/aromatic N) is 1. The normalized spacial score (nSPS) is 19.8. The fourth-order valence-corrected chi connectivity index (χ4v) is 3.25. The van der Waals surface area contributed by atoms with E-state index < -0.39 is 18.0 Å². The van der Waals surface area contributed by atoms with Gasteiger partial charge in [0.2, 0.25) is 0 Å². The van der Waals surface area contributed by atoms with Gasteiger partial charge in [0.15, 0.2) is 0 Å². The molecule has 0 aliphatic heterocycles. The fraction of sp³-hybridized carbons (Fsp3) is 0.300. The summed E-state index contributed by atoms with van der Waals surface area (Å²) < 4.78 is 19.1. The molecule has 1 amide bonds. The van der Waals surface area contributed by atoms with E-state index in [1.165, 1.54) is 31.4 Å². The van der Waals surface area contributed by atoms with Gasteiger partial charge in [-0.2, -0.15) is 5.26 Å². The Morgan fingerprint density at radius 3 is 2.77 bits per heavy atom. The number of hydrogen-bond acceptors (Lipinski definition) is 4. The maximum Gasteiger partial charge on any atom is 0.251 e. The third-order valence-electron chi connectivity index (χ3n) is 4.69. The largest absolute Gasteiger partial charge is 0.496 e. The number of halogens is 1. The van der Waals surface area contributed by atoms with Crippen LogP contribution < -0.4 is 10.1 Å².